The monoisotopic (exact) mass is 531 g/mol. The summed E-state index contributed by atoms with van der Waals surface area (Å²) >= 11 is 6.45. The van der Waals surface area contributed by atoms with Gasteiger partial charge in [0.1, 0.15) is 18.0 Å². The number of aryl methyl sites for hydroxylation is 2. The highest BCUT2D eigenvalue weighted by atomic mass is 35.5. The van der Waals surface area contributed by atoms with Crippen LogP contribution in [-0.4, -0.2) is 42.1 Å². The zero-order valence-corrected chi connectivity index (χ0v) is 22.4. The van der Waals surface area contributed by atoms with E-state index in [0.717, 1.165) is 35.2 Å². The number of fused-ring (bicyclic) bond motifs is 1. The van der Waals surface area contributed by atoms with Gasteiger partial charge in [0.25, 0.3) is 0 Å². The molecule has 3 aromatic rings. The van der Waals surface area contributed by atoms with Crippen LogP contribution < -0.4 is 4.74 Å². The Bertz CT molecular complexity index is 1390. The second-order valence-electron chi connectivity index (χ2n) is 8.90. The third kappa shape index (κ3) is 5.28. The third-order valence-electron chi connectivity index (χ3n) is 6.38. The number of nitrogens with zero attached hydrogens (tertiary/aromatic N) is 3. The van der Waals surface area contributed by atoms with Crippen molar-refractivity contribution in [2.24, 2.45) is 0 Å². The topological polar surface area (TPSA) is 90.7 Å². The van der Waals surface area contributed by atoms with E-state index in [9.17, 15) is 13.2 Å². The molecule has 0 N–H and O–H groups in total. The molecule has 36 heavy (non-hydrogen) atoms. The second kappa shape index (κ2) is 10.6. The van der Waals surface area contributed by atoms with Gasteiger partial charge in [-0.1, -0.05) is 29.3 Å². The lowest BCUT2D eigenvalue weighted by Gasteiger charge is -2.31. The average molecular weight is 532 g/mol. The van der Waals surface area contributed by atoms with Crippen molar-refractivity contribution in [1.29, 1.82) is 0 Å². The SMILES string of the molecule is CCOC(=O)Cn1ncc2c1CCCC2N(C)S(=O)(=O)c1ccc(Oc2ccc(C)cc2C)c(Cl)c1. The number of carbonyl (C=O) groups excluding carboxylic acids is 1. The van der Waals surface area contributed by atoms with Crippen molar-refractivity contribution < 1.29 is 22.7 Å². The maximum absolute atomic E-state index is 13.5. The van der Waals surface area contributed by atoms with E-state index in [2.05, 4.69) is 5.10 Å². The number of hydrogen-bond donors (Lipinski definition) is 0. The van der Waals surface area contributed by atoms with E-state index in [0.29, 0.717) is 24.5 Å². The van der Waals surface area contributed by atoms with Crippen molar-refractivity contribution in [2.45, 2.75) is 57.5 Å². The van der Waals surface area contributed by atoms with Gasteiger partial charge in [-0.05, 0) is 69.9 Å². The van der Waals surface area contributed by atoms with Crippen LogP contribution >= 0.6 is 11.6 Å². The number of hydrogen-bond acceptors (Lipinski definition) is 6. The zero-order valence-electron chi connectivity index (χ0n) is 20.8. The lowest BCUT2D eigenvalue weighted by atomic mass is 9.93. The number of esters is 1. The molecule has 1 aliphatic carbocycles. The maximum Gasteiger partial charge on any atom is 0.327 e. The average Bonchev–Trinajstić information content (AvgIpc) is 3.24. The van der Waals surface area contributed by atoms with E-state index in [1.54, 1.807) is 30.9 Å². The first-order valence-electron chi connectivity index (χ1n) is 11.8. The van der Waals surface area contributed by atoms with Gasteiger partial charge in [-0.15, -0.1) is 0 Å². The van der Waals surface area contributed by atoms with E-state index < -0.39 is 16.1 Å². The number of carbonyl (C=O) groups is 1. The van der Waals surface area contributed by atoms with Gasteiger partial charge in [-0.2, -0.15) is 9.40 Å². The van der Waals surface area contributed by atoms with Crippen molar-refractivity contribution in [3.8, 4) is 11.5 Å². The van der Waals surface area contributed by atoms with Gasteiger partial charge in [0.2, 0.25) is 10.0 Å². The summed E-state index contributed by atoms with van der Waals surface area (Å²) in [5.74, 6) is 0.666. The molecule has 1 aliphatic rings. The molecule has 1 heterocycles. The summed E-state index contributed by atoms with van der Waals surface area (Å²) in [6, 6.07) is 9.90. The Morgan fingerprint density at radius 1 is 1.19 bits per heavy atom. The van der Waals surface area contributed by atoms with Gasteiger partial charge < -0.3 is 9.47 Å². The minimum absolute atomic E-state index is 0.00385. The lowest BCUT2D eigenvalue weighted by molar-refractivity contribution is -0.144. The Morgan fingerprint density at radius 3 is 2.64 bits per heavy atom. The minimum atomic E-state index is -3.86. The van der Waals surface area contributed by atoms with E-state index in [1.165, 1.54) is 16.4 Å². The molecule has 0 saturated heterocycles. The fourth-order valence-corrected chi connectivity index (χ4v) is 6.21. The first kappa shape index (κ1) is 26.2. The summed E-state index contributed by atoms with van der Waals surface area (Å²) in [4.78, 5) is 12.0. The fraction of sp³-hybridized carbons (Fsp3) is 0.385. The van der Waals surface area contributed by atoms with Crippen LogP contribution in [0.2, 0.25) is 5.02 Å². The highest BCUT2D eigenvalue weighted by molar-refractivity contribution is 7.89. The maximum atomic E-state index is 13.5. The van der Waals surface area contributed by atoms with Gasteiger partial charge in [0, 0.05) is 18.3 Å². The molecule has 2 aromatic carbocycles. The molecule has 10 heteroatoms. The van der Waals surface area contributed by atoms with Gasteiger partial charge in [0.15, 0.2) is 0 Å². The molecule has 8 nitrogen and oxygen atoms in total. The first-order chi connectivity index (χ1) is 17.1. The highest BCUT2D eigenvalue weighted by Gasteiger charge is 2.34. The molecule has 4 rings (SSSR count). The molecule has 0 aliphatic heterocycles. The summed E-state index contributed by atoms with van der Waals surface area (Å²) in [6.07, 6.45) is 3.79. The van der Waals surface area contributed by atoms with E-state index in [4.69, 9.17) is 21.1 Å². The molecule has 0 saturated carbocycles. The smallest absolute Gasteiger partial charge is 0.327 e. The number of sulfonamides is 1. The summed E-state index contributed by atoms with van der Waals surface area (Å²) in [5, 5.41) is 4.55. The Labute approximate surface area is 216 Å². The Kier molecular flexibility index (Phi) is 7.73. The van der Waals surface area contributed by atoms with Gasteiger partial charge in [-0.3, -0.25) is 9.48 Å². The molecule has 0 radical (unpaired) electrons. The van der Waals surface area contributed by atoms with Gasteiger partial charge in [0.05, 0.1) is 28.8 Å². The molecule has 0 bridgehead atoms. The van der Waals surface area contributed by atoms with Crippen molar-refractivity contribution >= 4 is 27.6 Å². The van der Waals surface area contributed by atoms with Crippen LogP contribution in [0.15, 0.2) is 47.5 Å². The van der Waals surface area contributed by atoms with E-state index >= 15 is 0 Å². The number of halogens is 1. The first-order valence-corrected chi connectivity index (χ1v) is 13.7. The van der Waals surface area contributed by atoms with Crippen LogP contribution in [0.4, 0.5) is 0 Å². The molecule has 0 fully saturated rings. The Morgan fingerprint density at radius 2 is 1.94 bits per heavy atom. The largest absolute Gasteiger partial charge is 0.465 e. The van der Waals surface area contributed by atoms with E-state index in [1.807, 2.05) is 32.0 Å². The number of benzene rings is 2. The van der Waals surface area contributed by atoms with Crippen LogP contribution in [0.25, 0.3) is 0 Å². The molecule has 1 aromatic heterocycles. The third-order valence-corrected chi connectivity index (χ3v) is 8.54. The zero-order chi connectivity index (χ0) is 26.0. The van der Waals surface area contributed by atoms with Gasteiger partial charge >= 0.3 is 5.97 Å². The highest BCUT2D eigenvalue weighted by Crippen LogP contribution is 2.38. The van der Waals surface area contributed by atoms with E-state index in [-0.39, 0.29) is 22.4 Å². The quantitative estimate of drug-likeness (QED) is 0.371. The Hall–Kier alpha value is -2.88. The summed E-state index contributed by atoms with van der Waals surface area (Å²) in [6.45, 7) is 5.99. The lowest BCUT2D eigenvalue weighted by Crippen LogP contribution is -2.33. The fourth-order valence-electron chi connectivity index (χ4n) is 4.53. The number of ether oxygens (including phenoxy) is 2. The normalized spacial score (nSPS) is 15.6. The summed E-state index contributed by atoms with van der Waals surface area (Å²) < 4.78 is 41.0. The number of aromatic nitrogens is 2. The second-order valence-corrected chi connectivity index (χ2v) is 11.3. The molecule has 0 amide bonds. The molecule has 1 unspecified atom stereocenters. The van der Waals surface area contributed by atoms with Crippen LogP contribution in [0.3, 0.4) is 0 Å². The molecule has 0 spiro atoms. The van der Waals surface area contributed by atoms with Crippen LogP contribution in [0.5, 0.6) is 11.5 Å². The van der Waals surface area contributed by atoms with Crippen molar-refractivity contribution in [3.63, 3.8) is 0 Å². The molecular weight excluding hydrogens is 502 g/mol. The predicted molar refractivity (Wildman–Crippen MR) is 137 cm³/mol. The van der Waals surface area contributed by atoms with Gasteiger partial charge in [-0.25, -0.2) is 8.42 Å². The molecule has 192 valence electrons. The van der Waals surface area contributed by atoms with Crippen molar-refractivity contribution in [1.82, 2.24) is 14.1 Å². The standard InChI is InChI=1S/C26H30ClN3O5S/c1-5-34-26(31)16-30-23-8-6-7-22(20(23)15-28-30)29(4)36(32,33)19-10-12-25(21(27)14-19)35-24-11-9-17(2)13-18(24)3/h9-15,22H,5-8,16H2,1-4H3. The van der Waals surface area contributed by atoms with Crippen LogP contribution in [0.1, 0.15) is 48.2 Å². The Balaban J connectivity index is 1.57. The predicted octanol–water partition coefficient (Wildman–Crippen LogP) is 5.21. The molecule has 1 atom stereocenters. The minimum Gasteiger partial charge on any atom is -0.465 e. The van der Waals surface area contributed by atoms with Crippen molar-refractivity contribution in [3.05, 3.63) is 70.0 Å². The molecular formula is C26H30ClN3O5S. The van der Waals surface area contributed by atoms with Crippen LogP contribution in [0, 0.1) is 13.8 Å². The number of rotatable bonds is 8. The van der Waals surface area contributed by atoms with Crippen LogP contribution in [-0.2, 0) is 32.5 Å². The van der Waals surface area contributed by atoms with Crippen molar-refractivity contribution in [2.75, 3.05) is 13.7 Å². The summed E-state index contributed by atoms with van der Waals surface area (Å²) in [7, 11) is -2.30. The summed E-state index contributed by atoms with van der Waals surface area (Å²) in [5.41, 5.74) is 3.74.